The van der Waals surface area contributed by atoms with E-state index in [1.807, 2.05) is 24.3 Å². The first kappa shape index (κ1) is 24.5. The summed E-state index contributed by atoms with van der Waals surface area (Å²) >= 11 is 0. The Labute approximate surface area is 213 Å². The van der Waals surface area contributed by atoms with Crippen LogP contribution in [0.5, 0.6) is 0 Å². The third kappa shape index (κ3) is 4.34. The number of carbonyl (C=O) groups excluding carboxylic acids is 1. The van der Waals surface area contributed by atoms with Gasteiger partial charge in [-0.3, -0.25) is 28.3 Å². The van der Waals surface area contributed by atoms with Gasteiger partial charge >= 0.3 is 5.69 Å². The van der Waals surface area contributed by atoms with Gasteiger partial charge in [-0.25, -0.2) is 4.79 Å². The van der Waals surface area contributed by atoms with Crippen LogP contribution < -0.4 is 26.8 Å². The van der Waals surface area contributed by atoms with Crippen LogP contribution in [0.15, 0.2) is 38.8 Å². The molecule has 11 nitrogen and oxygen atoms in total. The van der Waals surface area contributed by atoms with E-state index in [0.29, 0.717) is 35.2 Å². The van der Waals surface area contributed by atoms with E-state index in [1.54, 1.807) is 30.5 Å². The van der Waals surface area contributed by atoms with E-state index in [9.17, 15) is 14.4 Å². The van der Waals surface area contributed by atoms with Gasteiger partial charge in [0.05, 0.1) is 30.9 Å². The molecular formula is C26H30N8O3. The summed E-state index contributed by atoms with van der Waals surface area (Å²) in [6.45, 7) is 3.24. The Morgan fingerprint density at radius 2 is 1.92 bits per heavy atom. The minimum Gasteiger partial charge on any atom is -0.341 e. The van der Waals surface area contributed by atoms with Gasteiger partial charge in [0.15, 0.2) is 11.2 Å². The standard InChI is InChI=1S/C26H30N8O3/c1-4-5-13-33-22-23(29-25(33)32-12-8-9-17(27)15-32)31(3)26(37)34(24(22)36)16-18-14-21(35)30(2)20-11-7-6-10-19(20)28-18/h6-7,10-11,17H,8-9,12-16,27H2,1-3H3. The predicted molar refractivity (Wildman–Crippen MR) is 144 cm³/mol. The van der Waals surface area contributed by atoms with Gasteiger partial charge in [0.1, 0.15) is 0 Å². The number of amides is 1. The number of aryl methyl sites for hydroxylation is 1. The minimum absolute atomic E-state index is 0.00367. The second-order valence-electron chi connectivity index (χ2n) is 9.47. The van der Waals surface area contributed by atoms with Crippen molar-refractivity contribution in [2.24, 2.45) is 17.8 Å². The van der Waals surface area contributed by atoms with E-state index in [1.165, 1.54) is 4.57 Å². The summed E-state index contributed by atoms with van der Waals surface area (Å²) in [4.78, 5) is 53.1. The SMILES string of the molecule is CC#CCn1c(N2CCCC(N)C2)nc2c1c(=O)n(CC1=Nc3ccccc3N(C)C(=O)C1)c(=O)n2C. The number of aliphatic imine (C=N–C) groups is 1. The Morgan fingerprint density at radius 3 is 2.68 bits per heavy atom. The molecule has 4 heterocycles. The first-order valence-electron chi connectivity index (χ1n) is 12.3. The smallest absolute Gasteiger partial charge is 0.332 e. The highest BCUT2D eigenvalue weighted by molar-refractivity contribution is 6.11. The molecule has 192 valence electrons. The average molecular weight is 503 g/mol. The van der Waals surface area contributed by atoms with Gasteiger partial charge in [-0.05, 0) is 31.9 Å². The van der Waals surface area contributed by atoms with E-state index in [4.69, 9.17) is 10.7 Å². The molecule has 2 aliphatic rings. The lowest BCUT2D eigenvalue weighted by Gasteiger charge is -2.31. The number of imidazole rings is 1. The summed E-state index contributed by atoms with van der Waals surface area (Å²) in [5, 5.41) is 0. The molecule has 3 aromatic rings. The van der Waals surface area contributed by atoms with Crippen LogP contribution in [0.4, 0.5) is 17.3 Å². The second kappa shape index (κ2) is 9.71. The van der Waals surface area contributed by atoms with Crippen LogP contribution in [0.2, 0.25) is 0 Å². The number of aromatic nitrogens is 4. The predicted octanol–water partition coefficient (Wildman–Crippen LogP) is 0.987. The molecular weight excluding hydrogens is 472 g/mol. The van der Waals surface area contributed by atoms with Gasteiger partial charge in [-0.15, -0.1) is 5.92 Å². The number of nitrogens with two attached hydrogens (primary N) is 1. The second-order valence-corrected chi connectivity index (χ2v) is 9.47. The maximum Gasteiger partial charge on any atom is 0.332 e. The fraction of sp³-hybridized carbons (Fsp3) is 0.423. The van der Waals surface area contributed by atoms with E-state index in [0.717, 1.165) is 24.0 Å². The Morgan fingerprint density at radius 1 is 1.14 bits per heavy atom. The lowest BCUT2D eigenvalue weighted by Crippen LogP contribution is -2.44. The number of fused-ring (bicyclic) bond motifs is 2. The van der Waals surface area contributed by atoms with Crippen molar-refractivity contribution in [2.45, 2.75) is 45.3 Å². The number of hydrogen-bond acceptors (Lipinski definition) is 7. The normalized spacial score (nSPS) is 17.8. The first-order chi connectivity index (χ1) is 17.8. The van der Waals surface area contributed by atoms with Crippen molar-refractivity contribution >= 4 is 40.1 Å². The zero-order chi connectivity index (χ0) is 26.3. The number of nitrogens with zero attached hydrogens (tertiary/aromatic N) is 7. The molecule has 0 radical (unpaired) electrons. The zero-order valence-corrected chi connectivity index (χ0v) is 21.3. The fourth-order valence-corrected chi connectivity index (χ4v) is 4.99. The molecule has 1 unspecified atom stereocenters. The van der Waals surface area contributed by atoms with Crippen LogP contribution in [0, 0.1) is 11.8 Å². The van der Waals surface area contributed by atoms with Crippen LogP contribution >= 0.6 is 0 Å². The molecule has 1 atom stereocenters. The number of rotatable bonds is 4. The molecule has 0 bridgehead atoms. The summed E-state index contributed by atoms with van der Waals surface area (Å²) in [6.07, 6.45) is 1.84. The molecule has 37 heavy (non-hydrogen) atoms. The number of anilines is 2. The van der Waals surface area contributed by atoms with Crippen LogP contribution in [-0.4, -0.2) is 56.5 Å². The summed E-state index contributed by atoms with van der Waals surface area (Å²) in [7, 11) is 3.29. The number of benzene rings is 1. The molecule has 2 N–H and O–H groups in total. The summed E-state index contributed by atoms with van der Waals surface area (Å²) in [6, 6.07) is 7.31. The van der Waals surface area contributed by atoms with E-state index in [2.05, 4.69) is 21.7 Å². The minimum atomic E-state index is -0.522. The third-order valence-electron chi connectivity index (χ3n) is 6.96. The van der Waals surface area contributed by atoms with Gasteiger partial charge in [-0.2, -0.15) is 4.98 Å². The van der Waals surface area contributed by atoms with Crippen molar-refractivity contribution in [1.29, 1.82) is 0 Å². The molecule has 5 rings (SSSR count). The Kier molecular flexibility index (Phi) is 6.43. The summed E-state index contributed by atoms with van der Waals surface area (Å²) in [5.74, 6) is 6.33. The van der Waals surface area contributed by atoms with Crippen molar-refractivity contribution in [3.05, 3.63) is 45.1 Å². The lowest BCUT2D eigenvalue weighted by molar-refractivity contribution is -0.117. The average Bonchev–Trinajstić information content (AvgIpc) is 3.22. The number of carbonyl (C=O) groups is 1. The molecule has 0 aliphatic carbocycles. The van der Waals surface area contributed by atoms with E-state index in [-0.39, 0.29) is 37.0 Å². The van der Waals surface area contributed by atoms with Gasteiger partial charge in [-0.1, -0.05) is 18.1 Å². The van der Waals surface area contributed by atoms with Gasteiger partial charge in [0.25, 0.3) is 5.56 Å². The number of piperidine rings is 1. The third-order valence-corrected chi connectivity index (χ3v) is 6.96. The Balaban J connectivity index is 1.66. The molecule has 1 saturated heterocycles. The van der Waals surface area contributed by atoms with Gasteiger partial charge < -0.3 is 15.5 Å². The highest BCUT2D eigenvalue weighted by atomic mass is 16.2. The summed E-state index contributed by atoms with van der Waals surface area (Å²) in [5.41, 5.74) is 7.51. The van der Waals surface area contributed by atoms with Crippen molar-refractivity contribution in [3.63, 3.8) is 0 Å². The quantitative estimate of drug-likeness (QED) is 0.531. The Hall–Kier alpha value is -4.17. The molecule has 2 aromatic heterocycles. The molecule has 1 aromatic carbocycles. The van der Waals surface area contributed by atoms with Crippen LogP contribution in [0.25, 0.3) is 11.2 Å². The fourth-order valence-electron chi connectivity index (χ4n) is 4.99. The van der Waals surface area contributed by atoms with Crippen LogP contribution in [-0.2, 0) is 24.9 Å². The van der Waals surface area contributed by atoms with Crippen molar-refractivity contribution in [2.75, 3.05) is 29.9 Å². The van der Waals surface area contributed by atoms with Crippen molar-refractivity contribution in [1.82, 2.24) is 18.7 Å². The molecule has 1 fully saturated rings. The number of para-hydroxylation sites is 2. The van der Waals surface area contributed by atoms with E-state index >= 15 is 0 Å². The molecule has 2 aliphatic heterocycles. The summed E-state index contributed by atoms with van der Waals surface area (Å²) < 4.78 is 4.27. The van der Waals surface area contributed by atoms with E-state index < -0.39 is 11.2 Å². The molecule has 0 spiro atoms. The lowest BCUT2D eigenvalue weighted by atomic mass is 10.1. The van der Waals surface area contributed by atoms with Crippen LogP contribution in [0.3, 0.4) is 0 Å². The van der Waals surface area contributed by atoms with Crippen molar-refractivity contribution in [3.8, 4) is 11.8 Å². The maximum atomic E-state index is 13.8. The molecule has 0 saturated carbocycles. The highest BCUT2D eigenvalue weighted by Gasteiger charge is 2.27. The molecule has 11 heteroatoms. The topological polar surface area (TPSA) is 124 Å². The highest BCUT2D eigenvalue weighted by Crippen LogP contribution is 2.31. The first-order valence-corrected chi connectivity index (χ1v) is 12.3. The number of hydrogen-bond donors (Lipinski definition) is 1. The van der Waals surface area contributed by atoms with Gasteiger partial charge in [0, 0.05) is 38.9 Å². The maximum absolute atomic E-state index is 13.8. The zero-order valence-electron chi connectivity index (χ0n) is 21.3. The van der Waals surface area contributed by atoms with Gasteiger partial charge in [0.2, 0.25) is 11.9 Å². The van der Waals surface area contributed by atoms with Crippen LogP contribution in [0.1, 0.15) is 26.2 Å². The largest absolute Gasteiger partial charge is 0.341 e. The molecule has 1 amide bonds. The monoisotopic (exact) mass is 502 g/mol. The Bertz CT molecular complexity index is 1600. The van der Waals surface area contributed by atoms with Crippen molar-refractivity contribution < 1.29 is 4.79 Å².